The van der Waals surface area contributed by atoms with Gasteiger partial charge in [-0.3, -0.25) is 9.59 Å². The van der Waals surface area contributed by atoms with Crippen molar-refractivity contribution in [2.75, 3.05) is 0 Å². The van der Waals surface area contributed by atoms with Crippen LogP contribution in [0.1, 0.15) is 88.8 Å². The second kappa shape index (κ2) is 15.3. The Kier molecular flexibility index (Phi) is 11.6. The molecule has 2 fully saturated rings. The number of carbonyl (C=O) groups is 2. The van der Waals surface area contributed by atoms with Crippen molar-refractivity contribution in [3.63, 3.8) is 0 Å². The number of aliphatic hydroxyl groups excluding tert-OH is 2. The largest absolute Gasteiger partial charge is 1.00 e. The predicted molar refractivity (Wildman–Crippen MR) is 174 cm³/mol. The summed E-state index contributed by atoms with van der Waals surface area (Å²) >= 11 is 0. The van der Waals surface area contributed by atoms with E-state index >= 15 is 0 Å². The van der Waals surface area contributed by atoms with Crippen LogP contribution in [-0.2, 0) is 9.59 Å². The van der Waals surface area contributed by atoms with Crippen molar-refractivity contribution in [1.82, 2.24) is 19.1 Å². The van der Waals surface area contributed by atoms with E-state index in [0.717, 1.165) is 48.2 Å². The van der Waals surface area contributed by atoms with Crippen LogP contribution in [0.25, 0.3) is 22.5 Å². The fourth-order valence-corrected chi connectivity index (χ4v) is 7.96. The van der Waals surface area contributed by atoms with E-state index in [1.165, 1.54) is 12.1 Å². The van der Waals surface area contributed by atoms with Crippen LogP contribution in [0, 0.1) is 23.5 Å². The van der Waals surface area contributed by atoms with E-state index in [-0.39, 0.29) is 99.0 Å². The van der Waals surface area contributed by atoms with E-state index in [0.29, 0.717) is 43.2 Å². The average Bonchev–Trinajstić information content (AvgIpc) is 3.83. The zero-order chi connectivity index (χ0) is 31.9. The van der Waals surface area contributed by atoms with Gasteiger partial charge >= 0.3 is 29.6 Å². The predicted octanol–water partition coefficient (Wildman–Crippen LogP) is 2.94. The van der Waals surface area contributed by atoms with E-state index in [2.05, 4.69) is 9.97 Å². The number of hydrogen-bond acceptors (Lipinski definition) is 6. The summed E-state index contributed by atoms with van der Waals surface area (Å²) in [6.45, 7) is 0. The number of ketones is 2. The van der Waals surface area contributed by atoms with E-state index in [1.807, 2.05) is 21.3 Å². The first kappa shape index (κ1) is 36.3. The van der Waals surface area contributed by atoms with Crippen molar-refractivity contribution in [3.8, 4) is 22.5 Å². The minimum Gasteiger partial charge on any atom is -1.00 e. The molecular weight excluding hydrogens is 624 g/mol. The van der Waals surface area contributed by atoms with Crippen molar-refractivity contribution >= 4 is 20.0 Å². The molecule has 4 heterocycles. The topological polar surface area (TPSA) is 110 Å². The van der Waals surface area contributed by atoms with Crippen molar-refractivity contribution in [1.29, 1.82) is 0 Å². The molecular formula is C36H39BF2N4NaO4. The average molecular weight is 664 g/mol. The van der Waals surface area contributed by atoms with E-state index < -0.39 is 6.10 Å². The number of aromatic nitrogens is 4. The van der Waals surface area contributed by atoms with Crippen LogP contribution >= 0.6 is 0 Å². The van der Waals surface area contributed by atoms with Gasteiger partial charge in [0.15, 0.2) is 0 Å². The minimum atomic E-state index is -0.492. The first-order chi connectivity index (χ1) is 22.3. The van der Waals surface area contributed by atoms with Gasteiger partial charge < -0.3 is 20.8 Å². The van der Waals surface area contributed by atoms with Gasteiger partial charge in [-0.25, -0.2) is 18.7 Å². The van der Waals surface area contributed by atoms with Crippen LogP contribution in [0.5, 0.6) is 0 Å². The summed E-state index contributed by atoms with van der Waals surface area (Å²) in [4.78, 5) is 32.3. The normalized spacial score (nSPS) is 23.0. The summed E-state index contributed by atoms with van der Waals surface area (Å²) in [7, 11) is 0. The summed E-state index contributed by atoms with van der Waals surface area (Å²) < 4.78 is 32.6. The number of fused-ring (bicyclic) bond motifs is 6. The molecule has 8 rings (SSSR count). The summed E-state index contributed by atoms with van der Waals surface area (Å²) in [5, 5.41) is 20.3. The molecule has 0 amide bonds. The summed E-state index contributed by atoms with van der Waals surface area (Å²) in [6, 6.07) is 9.57. The molecule has 4 aliphatic rings. The fourth-order valence-electron chi connectivity index (χ4n) is 7.96. The van der Waals surface area contributed by atoms with E-state index in [9.17, 15) is 28.6 Å². The van der Waals surface area contributed by atoms with E-state index in [1.54, 1.807) is 37.2 Å². The number of nitrogens with zero attached hydrogens (tertiary/aromatic N) is 4. The molecule has 2 aliphatic carbocycles. The molecule has 2 aromatic heterocycles. The van der Waals surface area contributed by atoms with Crippen molar-refractivity contribution < 1.29 is 59.6 Å². The zero-order valence-corrected chi connectivity index (χ0v) is 29.1. The monoisotopic (exact) mass is 663 g/mol. The van der Waals surface area contributed by atoms with Gasteiger partial charge in [0, 0.05) is 55.8 Å². The van der Waals surface area contributed by atoms with E-state index in [4.69, 9.17) is 0 Å². The second-order valence-corrected chi connectivity index (χ2v) is 13.2. The van der Waals surface area contributed by atoms with Crippen LogP contribution in [0.3, 0.4) is 0 Å². The van der Waals surface area contributed by atoms with Gasteiger partial charge in [0.2, 0.25) is 0 Å². The molecule has 2 saturated carbocycles. The third kappa shape index (κ3) is 6.90. The molecule has 8 nitrogen and oxygen atoms in total. The summed E-state index contributed by atoms with van der Waals surface area (Å²) in [6.07, 6.45) is 12.2. The van der Waals surface area contributed by atoms with Crippen molar-refractivity contribution in [2.45, 2.75) is 88.5 Å². The Balaban J connectivity index is 0.000000208. The Bertz CT molecular complexity index is 1770. The Morgan fingerprint density at radius 2 is 1.38 bits per heavy atom. The fraction of sp³-hybridized carbons (Fsp3) is 0.444. The molecule has 2 aromatic carbocycles. The molecule has 3 atom stereocenters. The zero-order valence-electron chi connectivity index (χ0n) is 28.1. The van der Waals surface area contributed by atoms with Gasteiger partial charge in [-0.2, -0.15) is 0 Å². The SMILES string of the molecule is O=C1CCC(C(=O)CC2c3c(F)cccc3-c3cncn32)CC1.OC1CCC(C(O)CC2c3c(F)cccc3-c3cncn32)CC1.[B].[H-].[Na+]. The maximum atomic E-state index is 14.4. The van der Waals surface area contributed by atoms with Crippen molar-refractivity contribution in [3.05, 3.63) is 84.2 Å². The first-order valence-corrected chi connectivity index (χ1v) is 16.3. The van der Waals surface area contributed by atoms with Gasteiger partial charge in [0.05, 0.1) is 60.7 Å². The number of Topliss-reactive ketones (excluding diaryl/α,β-unsaturated/α-hetero) is 2. The molecule has 48 heavy (non-hydrogen) atoms. The smallest absolute Gasteiger partial charge is 1.00 e. The maximum absolute atomic E-state index is 14.4. The quantitative estimate of drug-likeness (QED) is 0.307. The van der Waals surface area contributed by atoms with Gasteiger partial charge in [-0.1, -0.05) is 24.3 Å². The Labute approximate surface area is 304 Å². The second-order valence-electron chi connectivity index (χ2n) is 13.2. The molecule has 4 aromatic rings. The number of imidazole rings is 2. The van der Waals surface area contributed by atoms with Gasteiger partial charge in [-0.05, 0) is 63.0 Å². The number of rotatable bonds is 6. The van der Waals surface area contributed by atoms with Gasteiger partial charge in [0.1, 0.15) is 23.2 Å². The molecule has 0 spiro atoms. The Morgan fingerprint density at radius 1 is 0.854 bits per heavy atom. The standard InChI is InChI=1S/C18H21FN2O2.C18H17FN2O2.B.Na.H/c2*19-14-3-1-2-13-16-9-20-10-21(16)15(18(13)14)8-17(23)11-4-6-12(22)7-5-11;;;/h1-3,9-12,15,17,22-23H,4-8H2;1-3,9-11,15H,4-8H2;;;/q;;;+1;-1. The molecule has 0 saturated heterocycles. The van der Waals surface area contributed by atoms with Crippen LogP contribution in [0.2, 0.25) is 0 Å². The molecule has 12 heteroatoms. The molecule has 2 aliphatic heterocycles. The molecule has 245 valence electrons. The minimum absolute atomic E-state index is 0. The summed E-state index contributed by atoms with van der Waals surface area (Å²) in [5.41, 5.74) is 4.72. The number of carbonyl (C=O) groups excluding carboxylic acids is 2. The number of aliphatic hydroxyl groups is 2. The number of benzene rings is 2. The summed E-state index contributed by atoms with van der Waals surface area (Å²) in [5.74, 6) is -0.0246. The molecule has 3 unspecified atom stereocenters. The Hall–Kier alpha value is -2.96. The maximum Gasteiger partial charge on any atom is 1.00 e. The van der Waals surface area contributed by atoms with Crippen LogP contribution in [0.4, 0.5) is 8.78 Å². The van der Waals surface area contributed by atoms with Crippen LogP contribution in [-0.4, -0.2) is 61.5 Å². The van der Waals surface area contributed by atoms with Crippen LogP contribution < -0.4 is 29.6 Å². The first-order valence-electron chi connectivity index (χ1n) is 16.3. The molecule has 3 radical (unpaired) electrons. The third-order valence-electron chi connectivity index (χ3n) is 10.5. The number of hydrogen-bond donors (Lipinski definition) is 2. The van der Waals surface area contributed by atoms with Crippen LogP contribution in [0.15, 0.2) is 61.4 Å². The van der Waals surface area contributed by atoms with Crippen molar-refractivity contribution in [2.24, 2.45) is 11.8 Å². The Morgan fingerprint density at radius 3 is 1.94 bits per heavy atom. The third-order valence-corrected chi connectivity index (χ3v) is 10.5. The molecule has 2 N–H and O–H groups in total. The molecule has 0 bridgehead atoms. The number of halogens is 2. The van der Waals surface area contributed by atoms with Gasteiger partial charge in [0.25, 0.3) is 0 Å². The van der Waals surface area contributed by atoms with Gasteiger partial charge in [-0.15, -0.1) is 0 Å².